The molecular weight excluding hydrogens is 528 g/mol. The van der Waals surface area contributed by atoms with Gasteiger partial charge in [0.05, 0.1) is 36.4 Å². The molecule has 1 aliphatic rings. The zero-order valence-corrected chi connectivity index (χ0v) is 24.5. The summed E-state index contributed by atoms with van der Waals surface area (Å²) < 4.78 is 10.8. The lowest BCUT2D eigenvalue weighted by molar-refractivity contribution is -0.140. The number of halogens is 1. The Labute approximate surface area is 240 Å². The number of anilines is 1. The number of hydrogen-bond acceptors (Lipinski definition) is 6. The third-order valence-electron chi connectivity index (χ3n) is 7.45. The number of carbonyl (C=O) groups is 2. The average molecular weight is 563 g/mol. The molecule has 1 aliphatic heterocycles. The number of ether oxygens (including phenoxy) is 2. The second-order valence-corrected chi connectivity index (χ2v) is 10.2. The molecule has 0 bridgehead atoms. The van der Waals surface area contributed by atoms with Crippen molar-refractivity contribution in [3.63, 3.8) is 0 Å². The molecule has 1 unspecified atom stereocenters. The molecule has 0 spiro atoms. The molecule has 0 aromatic heterocycles. The highest BCUT2D eigenvalue weighted by molar-refractivity contribution is 6.46. The predicted octanol–water partition coefficient (Wildman–Crippen LogP) is 6.44. The number of nitrogens with zero attached hydrogens (tertiary/aromatic N) is 2. The molecule has 40 heavy (non-hydrogen) atoms. The van der Waals surface area contributed by atoms with E-state index in [9.17, 15) is 14.7 Å². The van der Waals surface area contributed by atoms with E-state index in [0.717, 1.165) is 35.5 Å². The Bertz CT molecular complexity index is 1460. The molecule has 0 radical (unpaired) electrons. The molecule has 1 amide bonds. The Morgan fingerprint density at radius 1 is 0.950 bits per heavy atom. The first-order chi connectivity index (χ1) is 19.1. The van der Waals surface area contributed by atoms with Gasteiger partial charge in [0, 0.05) is 31.4 Å². The van der Waals surface area contributed by atoms with Gasteiger partial charge in [-0.3, -0.25) is 9.59 Å². The number of carbonyl (C=O) groups excluding carboxylic acids is 2. The molecule has 3 aromatic carbocycles. The standard InChI is InChI=1S/C32H35ClN2O5/c1-7-34(8-2)23-13-11-21(12-14-23)29-28(30(36)24-16-27(40-6)25(33)17-26(24)39-5)31(37)32(38)35(29)18-22-15-19(3)9-10-20(22)4/h9-17,29,36H,7-8,18H2,1-6H3/b30-28+. The SMILES string of the molecule is CCN(CC)c1ccc(C2/C(=C(\O)c3cc(OC)c(Cl)cc3OC)C(=O)C(=O)N2Cc2cc(C)ccc2C)cc1. The fourth-order valence-electron chi connectivity index (χ4n) is 5.19. The largest absolute Gasteiger partial charge is 0.507 e. The minimum atomic E-state index is -0.822. The van der Waals surface area contributed by atoms with Gasteiger partial charge in [-0.1, -0.05) is 47.5 Å². The average Bonchev–Trinajstić information content (AvgIpc) is 3.20. The molecule has 1 fully saturated rings. The van der Waals surface area contributed by atoms with E-state index in [2.05, 4.69) is 18.7 Å². The monoisotopic (exact) mass is 562 g/mol. The third-order valence-corrected chi connectivity index (χ3v) is 7.75. The van der Waals surface area contributed by atoms with Gasteiger partial charge in [-0.2, -0.15) is 0 Å². The van der Waals surface area contributed by atoms with Crippen LogP contribution < -0.4 is 14.4 Å². The molecule has 1 saturated heterocycles. The first-order valence-corrected chi connectivity index (χ1v) is 13.6. The second-order valence-electron chi connectivity index (χ2n) is 9.81. The van der Waals surface area contributed by atoms with Crippen molar-refractivity contribution >= 4 is 34.7 Å². The van der Waals surface area contributed by atoms with E-state index in [0.29, 0.717) is 11.3 Å². The number of aliphatic hydroxyl groups excluding tert-OH is 1. The Kier molecular flexibility index (Phi) is 8.74. The number of aliphatic hydroxyl groups is 1. The maximum absolute atomic E-state index is 13.6. The van der Waals surface area contributed by atoms with Crippen LogP contribution in [0.5, 0.6) is 11.5 Å². The van der Waals surface area contributed by atoms with E-state index >= 15 is 0 Å². The van der Waals surface area contributed by atoms with Gasteiger partial charge < -0.3 is 24.4 Å². The van der Waals surface area contributed by atoms with Gasteiger partial charge in [0.25, 0.3) is 11.7 Å². The quantitative estimate of drug-likeness (QED) is 0.184. The minimum Gasteiger partial charge on any atom is -0.507 e. The van der Waals surface area contributed by atoms with Crippen molar-refractivity contribution in [2.45, 2.75) is 40.3 Å². The summed E-state index contributed by atoms with van der Waals surface area (Å²) in [7, 11) is 2.90. The number of ketones is 1. The highest BCUT2D eigenvalue weighted by atomic mass is 35.5. The Morgan fingerprint density at radius 3 is 2.20 bits per heavy atom. The zero-order valence-electron chi connectivity index (χ0n) is 23.7. The number of Topliss-reactive ketones (excluding diaryl/α,β-unsaturated/α-hetero) is 1. The number of aryl methyl sites for hydroxylation is 2. The summed E-state index contributed by atoms with van der Waals surface area (Å²) in [5.41, 5.74) is 4.91. The first kappa shape index (κ1) is 29.0. The number of benzene rings is 3. The van der Waals surface area contributed by atoms with Crippen LogP contribution in [-0.2, 0) is 16.1 Å². The Morgan fingerprint density at radius 2 is 1.60 bits per heavy atom. The molecule has 1 heterocycles. The lowest BCUT2D eigenvalue weighted by Gasteiger charge is -2.27. The van der Waals surface area contributed by atoms with Crippen LogP contribution in [0.3, 0.4) is 0 Å². The van der Waals surface area contributed by atoms with E-state index in [-0.39, 0.29) is 34.2 Å². The van der Waals surface area contributed by atoms with Crippen molar-refractivity contribution < 1.29 is 24.2 Å². The van der Waals surface area contributed by atoms with Crippen molar-refractivity contribution in [1.29, 1.82) is 0 Å². The zero-order chi connectivity index (χ0) is 29.1. The summed E-state index contributed by atoms with van der Waals surface area (Å²) in [5, 5.41) is 11.9. The number of methoxy groups -OCH3 is 2. The lowest BCUT2D eigenvalue weighted by atomic mass is 9.94. The van der Waals surface area contributed by atoms with Gasteiger partial charge in [0.1, 0.15) is 17.3 Å². The van der Waals surface area contributed by atoms with E-state index in [1.165, 1.54) is 31.3 Å². The van der Waals surface area contributed by atoms with E-state index < -0.39 is 17.7 Å². The summed E-state index contributed by atoms with van der Waals surface area (Å²) in [6, 6.07) is 16.0. The topological polar surface area (TPSA) is 79.3 Å². The van der Waals surface area contributed by atoms with Crippen LogP contribution in [0.4, 0.5) is 5.69 Å². The van der Waals surface area contributed by atoms with Crippen LogP contribution in [0.1, 0.15) is 47.7 Å². The van der Waals surface area contributed by atoms with Crippen molar-refractivity contribution in [1.82, 2.24) is 4.90 Å². The van der Waals surface area contributed by atoms with Gasteiger partial charge >= 0.3 is 0 Å². The van der Waals surface area contributed by atoms with Crippen LogP contribution in [0.25, 0.3) is 5.76 Å². The Balaban J connectivity index is 1.92. The van der Waals surface area contributed by atoms with Crippen LogP contribution >= 0.6 is 11.6 Å². The summed E-state index contributed by atoms with van der Waals surface area (Å²) in [4.78, 5) is 31.0. The van der Waals surface area contributed by atoms with E-state index in [1.807, 2.05) is 56.3 Å². The van der Waals surface area contributed by atoms with Crippen molar-refractivity contribution in [3.8, 4) is 11.5 Å². The molecule has 8 heteroatoms. The smallest absolute Gasteiger partial charge is 0.295 e. The van der Waals surface area contributed by atoms with Crippen LogP contribution in [0.2, 0.25) is 5.02 Å². The maximum Gasteiger partial charge on any atom is 0.295 e. The molecule has 1 atom stereocenters. The molecule has 0 saturated carbocycles. The van der Waals surface area contributed by atoms with Gasteiger partial charge in [-0.05, 0) is 62.6 Å². The van der Waals surface area contributed by atoms with Crippen molar-refractivity contribution in [3.05, 3.63) is 93.0 Å². The highest BCUT2D eigenvalue weighted by Gasteiger charge is 2.46. The number of rotatable bonds is 9. The molecule has 4 rings (SSSR count). The summed E-state index contributed by atoms with van der Waals surface area (Å²) in [6.45, 7) is 10.0. The van der Waals surface area contributed by atoms with Gasteiger partial charge in [-0.15, -0.1) is 0 Å². The normalized spacial score (nSPS) is 16.4. The molecule has 7 nitrogen and oxygen atoms in total. The lowest BCUT2D eigenvalue weighted by Crippen LogP contribution is -2.29. The van der Waals surface area contributed by atoms with Crippen molar-refractivity contribution in [2.75, 3.05) is 32.2 Å². The molecule has 210 valence electrons. The minimum absolute atomic E-state index is 0.0198. The molecule has 3 aromatic rings. The molecular formula is C32H35ClN2O5. The number of likely N-dealkylation sites (tertiary alicyclic amines) is 1. The highest BCUT2D eigenvalue weighted by Crippen LogP contribution is 2.44. The van der Waals surface area contributed by atoms with Crippen molar-refractivity contribution in [2.24, 2.45) is 0 Å². The van der Waals surface area contributed by atoms with Gasteiger partial charge in [0.15, 0.2) is 0 Å². The van der Waals surface area contributed by atoms with E-state index in [1.54, 1.807) is 0 Å². The van der Waals surface area contributed by atoms with Gasteiger partial charge in [0.2, 0.25) is 0 Å². The third kappa shape index (κ3) is 5.39. The summed E-state index contributed by atoms with van der Waals surface area (Å²) in [6.07, 6.45) is 0. The summed E-state index contributed by atoms with van der Waals surface area (Å²) in [5.74, 6) is -1.25. The maximum atomic E-state index is 13.6. The number of amides is 1. The van der Waals surface area contributed by atoms with Crippen LogP contribution in [-0.4, -0.2) is 49.0 Å². The molecule has 0 aliphatic carbocycles. The first-order valence-electron chi connectivity index (χ1n) is 13.3. The fourth-order valence-corrected chi connectivity index (χ4v) is 5.42. The number of hydrogen-bond donors (Lipinski definition) is 1. The fraction of sp³-hybridized carbons (Fsp3) is 0.312. The second kappa shape index (κ2) is 12.0. The van der Waals surface area contributed by atoms with Crippen LogP contribution in [0.15, 0.2) is 60.2 Å². The predicted molar refractivity (Wildman–Crippen MR) is 158 cm³/mol. The Hall–Kier alpha value is -3.97. The summed E-state index contributed by atoms with van der Waals surface area (Å²) >= 11 is 6.29. The van der Waals surface area contributed by atoms with E-state index in [4.69, 9.17) is 21.1 Å². The molecule has 1 N–H and O–H groups in total. The van der Waals surface area contributed by atoms with Crippen LogP contribution in [0, 0.1) is 13.8 Å². The van der Waals surface area contributed by atoms with Gasteiger partial charge in [-0.25, -0.2) is 0 Å².